The minimum absolute atomic E-state index is 0.666. The first-order valence-electron chi connectivity index (χ1n) is 4.65. The third kappa shape index (κ3) is 2.50. The Balaban J connectivity index is 2.62. The molecule has 16 heavy (non-hydrogen) atoms. The average Bonchev–Trinajstić information content (AvgIpc) is 2.22. The van der Waals surface area contributed by atoms with Crippen molar-refractivity contribution in [1.82, 2.24) is 4.98 Å². The lowest BCUT2D eigenvalue weighted by Crippen LogP contribution is -1.90. The number of pyridine rings is 1. The van der Waals surface area contributed by atoms with Crippen LogP contribution in [-0.4, -0.2) is 4.98 Å². The van der Waals surface area contributed by atoms with Crippen LogP contribution in [0.3, 0.4) is 0 Å². The largest absolute Gasteiger partial charge is 0.255 e. The maximum absolute atomic E-state index is 6.14. The zero-order valence-corrected chi connectivity index (χ0v) is 12.1. The number of nitrogens with zero attached hydrogens (tertiary/aromatic N) is 1. The maximum Gasteiger partial charge on any atom is 0.0747 e. The van der Waals surface area contributed by atoms with Gasteiger partial charge in [0.25, 0.3) is 0 Å². The minimum Gasteiger partial charge on any atom is -0.255 e. The first-order valence-corrected chi connectivity index (χ1v) is 6.49. The van der Waals surface area contributed by atoms with E-state index in [1.54, 1.807) is 12.1 Å². The van der Waals surface area contributed by atoms with Gasteiger partial charge in [-0.15, -0.1) is 0 Å². The molecule has 82 valence electrons. The third-order valence-corrected chi connectivity index (χ3v) is 3.38. The van der Waals surface area contributed by atoms with E-state index in [0.29, 0.717) is 10.0 Å². The molecule has 1 nitrogen and oxygen atoms in total. The summed E-state index contributed by atoms with van der Waals surface area (Å²) in [7, 11) is 0. The molecule has 0 N–H and O–H groups in total. The first kappa shape index (κ1) is 12.1. The summed E-state index contributed by atoms with van der Waals surface area (Å²) in [6, 6.07) is 7.47. The molecule has 2 rings (SSSR count). The van der Waals surface area contributed by atoms with Gasteiger partial charge in [-0.25, -0.2) is 0 Å². The van der Waals surface area contributed by atoms with E-state index in [1.165, 1.54) is 0 Å². The molecule has 0 radical (unpaired) electrons. The average molecular weight is 364 g/mol. The van der Waals surface area contributed by atoms with Crippen LogP contribution in [0.25, 0.3) is 11.3 Å². The van der Waals surface area contributed by atoms with Crippen LogP contribution in [0.1, 0.15) is 5.56 Å². The van der Waals surface area contributed by atoms with Gasteiger partial charge in [0.15, 0.2) is 0 Å². The molecule has 0 bridgehead atoms. The fourth-order valence-corrected chi connectivity index (χ4v) is 2.49. The van der Waals surface area contributed by atoms with Gasteiger partial charge in [-0.1, -0.05) is 23.2 Å². The van der Waals surface area contributed by atoms with E-state index < -0.39 is 0 Å². The maximum atomic E-state index is 6.14. The molecule has 1 aromatic heterocycles. The van der Waals surface area contributed by atoms with E-state index >= 15 is 0 Å². The van der Waals surface area contributed by atoms with Crippen molar-refractivity contribution in [3.05, 3.63) is 49.6 Å². The molecule has 2 aromatic rings. The Hall–Kier alpha value is -0.320. The molecule has 0 saturated carbocycles. The lowest BCUT2D eigenvalue weighted by molar-refractivity contribution is 1.25. The standard InChI is InChI=1S/C12H8Cl2IN/c1-7-4-9(15)6-16-12(7)10-5-8(13)2-3-11(10)14/h2-6H,1H3. The summed E-state index contributed by atoms with van der Waals surface area (Å²) in [6.07, 6.45) is 1.82. The van der Waals surface area contributed by atoms with Gasteiger partial charge in [0.05, 0.1) is 10.7 Å². The van der Waals surface area contributed by atoms with Crippen LogP contribution in [0.5, 0.6) is 0 Å². The van der Waals surface area contributed by atoms with Gasteiger partial charge in [-0.05, 0) is 59.3 Å². The van der Waals surface area contributed by atoms with E-state index in [-0.39, 0.29) is 0 Å². The van der Waals surface area contributed by atoms with Gasteiger partial charge in [-0.3, -0.25) is 4.98 Å². The van der Waals surface area contributed by atoms with Crippen molar-refractivity contribution in [3.63, 3.8) is 0 Å². The molecule has 0 amide bonds. The molecule has 0 fully saturated rings. The predicted molar refractivity (Wildman–Crippen MR) is 77.1 cm³/mol. The van der Waals surface area contributed by atoms with Crippen molar-refractivity contribution < 1.29 is 0 Å². The Morgan fingerprint density at radius 3 is 2.62 bits per heavy atom. The van der Waals surface area contributed by atoms with E-state index in [4.69, 9.17) is 23.2 Å². The van der Waals surface area contributed by atoms with Crippen LogP contribution >= 0.6 is 45.8 Å². The van der Waals surface area contributed by atoms with Crippen LogP contribution in [-0.2, 0) is 0 Å². The number of rotatable bonds is 1. The summed E-state index contributed by atoms with van der Waals surface area (Å²) in [6.45, 7) is 2.02. The summed E-state index contributed by atoms with van der Waals surface area (Å²) in [4.78, 5) is 4.40. The molecule has 0 saturated heterocycles. The van der Waals surface area contributed by atoms with Gasteiger partial charge in [0.2, 0.25) is 0 Å². The summed E-state index contributed by atoms with van der Waals surface area (Å²) >= 11 is 14.3. The van der Waals surface area contributed by atoms with E-state index in [2.05, 4.69) is 33.6 Å². The van der Waals surface area contributed by atoms with Crippen LogP contribution in [0, 0.1) is 10.5 Å². The number of aromatic nitrogens is 1. The summed E-state index contributed by atoms with van der Waals surface area (Å²) < 4.78 is 1.11. The lowest BCUT2D eigenvalue weighted by atomic mass is 10.1. The molecular formula is C12H8Cl2IN. The highest BCUT2D eigenvalue weighted by Crippen LogP contribution is 2.31. The monoisotopic (exact) mass is 363 g/mol. The predicted octanol–water partition coefficient (Wildman–Crippen LogP) is 4.97. The van der Waals surface area contributed by atoms with E-state index in [9.17, 15) is 0 Å². The second kappa shape index (κ2) is 4.90. The highest BCUT2D eigenvalue weighted by molar-refractivity contribution is 14.1. The number of aryl methyl sites for hydroxylation is 1. The fraction of sp³-hybridized carbons (Fsp3) is 0.0833. The zero-order chi connectivity index (χ0) is 11.7. The number of hydrogen-bond acceptors (Lipinski definition) is 1. The summed E-state index contributed by atoms with van der Waals surface area (Å²) in [5.74, 6) is 0. The van der Waals surface area contributed by atoms with Gasteiger partial charge < -0.3 is 0 Å². The van der Waals surface area contributed by atoms with E-state index in [1.807, 2.05) is 19.2 Å². The van der Waals surface area contributed by atoms with Crippen LogP contribution in [0.15, 0.2) is 30.5 Å². The first-order chi connectivity index (χ1) is 7.58. The Bertz CT molecular complexity index is 541. The zero-order valence-electron chi connectivity index (χ0n) is 8.47. The molecule has 0 aliphatic carbocycles. The second-order valence-corrected chi connectivity index (χ2v) is 5.53. The highest BCUT2D eigenvalue weighted by atomic mass is 127. The van der Waals surface area contributed by atoms with Crippen molar-refractivity contribution >= 4 is 45.8 Å². The Labute approximate surface area is 118 Å². The van der Waals surface area contributed by atoms with Crippen LogP contribution in [0.2, 0.25) is 10.0 Å². The third-order valence-electron chi connectivity index (χ3n) is 2.23. The molecule has 1 heterocycles. The second-order valence-electron chi connectivity index (χ2n) is 3.44. The topological polar surface area (TPSA) is 12.9 Å². The summed E-state index contributed by atoms with van der Waals surface area (Å²) in [5, 5.41) is 1.33. The van der Waals surface area contributed by atoms with Crippen LogP contribution < -0.4 is 0 Å². The molecule has 0 aliphatic rings. The SMILES string of the molecule is Cc1cc(I)cnc1-c1cc(Cl)ccc1Cl. The van der Waals surface area contributed by atoms with E-state index in [0.717, 1.165) is 20.4 Å². The molecule has 0 atom stereocenters. The Kier molecular flexibility index (Phi) is 3.72. The van der Waals surface area contributed by atoms with Gasteiger partial charge in [0, 0.05) is 20.4 Å². The Morgan fingerprint density at radius 2 is 1.94 bits per heavy atom. The molecule has 0 aliphatic heterocycles. The summed E-state index contributed by atoms with van der Waals surface area (Å²) in [5.41, 5.74) is 2.85. The Morgan fingerprint density at radius 1 is 1.19 bits per heavy atom. The molecular weight excluding hydrogens is 356 g/mol. The molecule has 1 aromatic carbocycles. The molecule has 0 unspecified atom stereocenters. The van der Waals surface area contributed by atoms with Gasteiger partial charge in [-0.2, -0.15) is 0 Å². The number of halogens is 3. The van der Waals surface area contributed by atoms with Gasteiger partial charge >= 0.3 is 0 Å². The molecule has 0 spiro atoms. The van der Waals surface area contributed by atoms with Crippen molar-refractivity contribution in [2.24, 2.45) is 0 Å². The van der Waals surface area contributed by atoms with Crippen LogP contribution in [0.4, 0.5) is 0 Å². The van der Waals surface area contributed by atoms with Crippen molar-refractivity contribution in [2.45, 2.75) is 6.92 Å². The highest BCUT2D eigenvalue weighted by Gasteiger charge is 2.08. The normalized spacial score (nSPS) is 10.5. The fourth-order valence-electron chi connectivity index (χ4n) is 1.50. The smallest absolute Gasteiger partial charge is 0.0747 e. The quantitative estimate of drug-likeness (QED) is 0.652. The number of benzene rings is 1. The lowest BCUT2D eigenvalue weighted by Gasteiger charge is -2.07. The van der Waals surface area contributed by atoms with Crippen molar-refractivity contribution in [1.29, 1.82) is 0 Å². The van der Waals surface area contributed by atoms with Gasteiger partial charge in [0.1, 0.15) is 0 Å². The van der Waals surface area contributed by atoms with Crippen molar-refractivity contribution in [3.8, 4) is 11.3 Å². The van der Waals surface area contributed by atoms with Crippen molar-refractivity contribution in [2.75, 3.05) is 0 Å². The molecule has 4 heteroatoms. The minimum atomic E-state index is 0.666. The number of hydrogen-bond donors (Lipinski definition) is 0.